The Morgan fingerprint density at radius 3 is 2.57 bits per heavy atom. The van der Waals surface area contributed by atoms with Crippen LogP contribution in [0.1, 0.15) is 25.0 Å². The van der Waals surface area contributed by atoms with Crippen LogP contribution in [0, 0.1) is 5.92 Å². The Hall–Kier alpha value is -2.84. The molecule has 0 aliphatic carbocycles. The maximum absolute atomic E-state index is 12.7. The number of fused-ring (bicyclic) bond motifs is 1. The first-order chi connectivity index (χ1) is 14.4. The fraction of sp³-hybridized carbons (Fsp3) is 0.476. The number of rotatable bonds is 5. The first-order valence-electron chi connectivity index (χ1n) is 9.96. The highest BCUT2D eigenvalue weighted by molar-refractivity contribution is 5.74. The predicted octanol–water partition coefficient (Wildman–Crippen LogP) is 3.83. The van der Waals surface area contributed by atoms with Gasteiger partial charge in [0.2, 0.25) is 0 Å². The number of alkyl halides is 3. The molecule has 0 saturated carbocycles. The number of hydrogen-bond donors (Lipinski definition) is 0. The molecule has 30 heavy (non-hydrogen) atoms. The maximum atomic E-state index is 12.7. The lowest BCUT2D eigenvalue weighted by molar-refractivity contribution is -0.134. The Morgan fingerprint density at radius 1 is 1.13 bits per heavy atom. The van der Waals surface area contributed by atoms with E-state index in [1.165, 1.54) is 6.20 Å². The molecule has 2 aliphatic rings. The summed E-state index contributed by atoms with van der Waals surface area (Å²) in [6.07, 6.45) is -1.70. The van der Waals surface area contributed by atoms with Crippen molar-refractivity contribution in [3.63, 3.8) is 0 Å². The molecule has 9 heteroatoms. The Balaban J connectivity index is 1.67. The van der Waals surface area contributed by atoms with E-state index in [9.17, 15) is 18.0 Å². The number of halogens is 3. The first-order valence-corrected chi connectivity index (χ1v) is 9.96. The van der Waals surface area contributed by atoms with Crippen molar-refractivity contribution in [1.82, 2.24) is 9.97 Å². The van der Waals surface area contributed by atoms with Crippen LogP contribution in [-0.4, -0.2) is 48.7 Å². The van der Waals surface area contributed by atoms with E-state index in [0.717, 1.165) is 11.8 Å². The molecule has 2 aliphatic heterocycles. The van der Waals surface area contributed by atoms with Gasteiger partial charge in [-0.2, -0.15) is 13.2 Å². The molecule has 0 amide bonds. The molecule has 1 saturated heterocycles. The molecule has 3 heterocycles. The van der Waals surface area contributed by atoms with E-state index in [2.05, 4.69) is 9.97 Å². The second-order valence-corrected chi connectivity index (χ2v) is 7.47. The number of aryl methyl sites for hydroxylation is 1. The van der Waals surface area contributed by atoms with Crippen LogP contribution in [0.4, 0.5) is 19.0 Å². The summed E-state index contributed by atoms with van der Waals surface area (Å²) >= 11 is 0. The summed E-state index contributed by atoms with van der Waals surface area (Å²) in [5.41, 5.74) is 1.62. The van der Waals surface area contributed by atoms with E-state index >= 15 is 0 Å². The average molecular weight is 421 g/mol. The Labute approximate surface area is 172 Å². The number of aldehydes is 1. The molecule has 0 atom stereocenters. The summed E-state index contributed by atoms with van der Waals surface area (Å²) < 4.78 is 49.2. The van der Waals surface area contributed by atoms with Gasteiger partial charge >= 0.3 is 6.18 Å². The van der Waals surface area contributed by atoms with Gasteiger partial charge in [-0.3, -0.25) is 4.98 Å². The van der Waals surface area contributed by atoms with Crippen LogP contribution < -0.4 is 14.4 Å². The zero-order valence-electron chi connectivity index (χ0n) is 16.3. The van der Waals surface area contributed by atoms with Crippen LogP contribution in [0.3, 0.4) is 0 Å². The SMILES string of the molecule is O=CC1CCN(c2nc(CCC(F)(F)F)cnc2-c2ccc3c(c2)OCCO3)CC1. The third-order valence-electron chi connectivity index (χ3n) is 5.32. The summed E-state index contributed by atoms with van der Waals surface area (Å²) in [7, 11) is 0. The predicted molar refractivity (Wildman–Crippen MR) is 104 cm³/mol. The number of ether oxygens (including phenoxy) is 2. The summed E-state index contributed by atoms with van der Waals surface area (Å²) in [5.74, 6) is 1.79. The standard InChI is InChI=1S/C21H22F3N3O3/c22-21(23,24)6-3-16-12-25-19(15-1-2-17-18(11-15)30-10-9-29-17)20(26-16)27-7-4-14(13-28)5-8-27/h1-2,11-14H,3-10H2. The first kappa shape index (κ1) is 20.4. The van der Waals surface area contributed by atoms with Crippen LogP contribution in [0.2, 0.25) is 0 Å². The van der Waals surface area contributed by atoms with Crippen molar-refractivity contribution in [3.8, 4) is 22.8 Å². The van der Waals surface area contributed by atoms with E-state index in [0.29, 0.717) is 67.8 Å². The van der Waals surface area contributed by atoms with Gasteiger partial charge in [-0.15, -0.1) is 0 Å². The van der Waals surface area contributed by atoms with E-state index in [1.807, 2.05) is 17.0 Å². The largest absolute Gasteiger partial charge is 0.486 e. The molecule has 160 valence electrons. The third-order valence-corrected chi connectivity index (χ3v) is 5.32. The summed E-state index contributed by atoms with van der Waals surface area (Å²) in [5, 5.41) is 0. The van der Waals surface area contributed by atoms with Gasteiger partial charge in [-0.05, 0) is 37.5 Å². The number of anilines is 1. The fourth-order valence-corrected chi connectivity index (χ4v) is 3.67. The zero-order valence-corrected chi connectivity index (χ0v) is 16.3. The maximum Gasteiger partial charge on any atom is 0.389 e. The molecule has 0 radical (unpaired) electrons. The van der Waals surface area contributed by atoms with Gasteiger partial charge in [0.25, 0.3) is 0 Å². The number of hydrogen-bond acceptors (Lipinski definition) is 6. The molecular formula is C21H22F3N3O3. The van der Waals surface area contributed by atoms with Gasteiger partial charge in [0.15, 0.2) is 17.3 Å². The molecule has 1 aromatic carbocycles. The lowest BCUT2D eigenvalue weighted by atomic mass is 9.98. The summed E-state index contributed by atoms with van der Waals surface area (Å²) in [4.78, 5) is 22.1. The highest BCUT2D eigenvalue weighted by atomic mass is 19.4. The van der Waals surface area contributed by atoms with Gasteiger partial charge in [-0.25, -0.2) is 4.98 Å². The molecule has 0 bridgehead atoms. The number of carbonyl (C=O) groups is 1. The second-order valence-electron chi connectivity index (χ2n) is 7.47. The molecule has 0 unspecified atom stereocenters. The minimum Gasteiger partial charge on any atom is -0.486 e. The van der Waals surface area contributed by atoms with E-state index in [4.69, 9.17) is 9.47 Å². The number of benzene rings is 1. The van der Waals surface area contributed by atoms with Crippen LogP contribution in [0.25, 0.3) is 11.3 Å². The quantitative estimate of drug-likeness (QED) is 0.684. The van der Waals surface area contributed by atoms with Gasteiger partial charge < -0.3 is 19.2 Å². The molecule has 0 spiro atoms. The Bertz CT molecular complexity index is 912. The number of aromatic nitrogens is 2. The van der Waals surface area contributed by atoms with Crippen LogP contribution >= 0.6 is 0 Å². The molecule has 1 fully saturated rings. The van der Waals surface area contributed by atoms with Crippen molar-refractivity contribution in [1.29, 1.82) is 0 Å². The lowest BCUT2D eigenvalue weighted by Gasteiger charge is -2.32. The van der Waals surface area contributed by atoms with Crippen LogP contribution in [0.5, 0.6) is 11.5 Å². The van der Waals surface area contributed by atoms with Gasteiger partial charge in [-0.1, -0.05) is 0 Å². The number of piperidine rings is 1. The molecule has 6 nitrogen and oxygen atoms in total. The minimum absolute atomic E-state index is 0.000338. The van der Waals surface area contributed by atoms with Gasteiger partial charge in [0, 0.05) is 37.2 Å². The fourth-order valence-electron chi connectivity index (χ4n) is 3.67. The smallest absolute Gasteiger partial charge is 0.389 e. The molecule has 1 aromatic heterocycles. The van der Waals surface area contributed by atoms with Crippen molar-refractivity contribution < 1.29 is 27.4 Å². The monoisotopic (exact) mass is 421 g/mol. The average Bonchev–Trinajstić information content (AvgIpc) is 2.77. The van der Waals surface area contributed by atoms with E-state index in [1.54, 1.807) is 6.07 Å². The highest BCUT2D eigenvalue weighted by Crippen LogP contribution is 2.37. The lowest BCUT2D eigenvalue weighted by Crippen LogP contribution is -2.35. The topological polar surface area (TPSA) is 64.6 Å². The van der Waals surface area contributed by atoms with Crippen molar-refractivity contribution in [2.24, 2.45) is 5.92 Å². The van der Waals surface area contributed by atoms with Gasteiger partial charge in [0.1, 0.15) is 25.2 Å². The normalized spacial score (nSPS) is 17.1. The van der Waals surface area contributed by atoms with E-state index < -0.39 is 12.6 Å². The number of carbonyl (C=O) groups excluding carboxylic acids is 1. The zero-order chi connectivity index (χ0) is 21.1. The Kier molecular flexibility index (Phi) is 5.78. The number of nitrogens with zero attached hydrogens (tertiary/aromatic N) is 3. The van der Waals surface area contributed by atoms with E-state index in [-0.39, 0.29) is 12.3 Å². The summed E-state index contributed by atoms with van der Waals surface area (Å²) in [6, 6.07) is 5.45. The van der Waals surface area contributed by atoms with Crippen molar-refractivity contribution in [2.75, 3.05) is 31.2 Å². The van der Waals surface area contributed by atoms with Crippen molar-refractivity contribution >= 4 is 12.1 Å². The second kappa shape index (κ2) is 8.49. The molecular weight excluding hydrogens is 399 g/mol. The molecule has 2 aromatic rings. The van der Waals surface area contributed by atoms with Gasteiger partial charge in [0.05, 0.1) is 5.69 Å². The molecule has 0 N–H and O–H groups in total. The van der Waals surface area contributed by atoms with Crippen molar-refractivity contribution in [2.45, 2.75) is 31.9 Å². The summed E-state index contributed by atoms with van der Waals surface area (Å²) in [6.45, 7) is 2.12. The minimum atomic E-state index is -4.25. The molecule has 4 rings (SSSR count). The van der Waals surface area contributed by atoms with Crippen LogP contribution in [0.15, 0.2) is 24.4 Å². The van der Waals surface area contributed by atoms with Crippen LogP contribution in [-0.2, 0) is 11.2 Å². The highest BCUT2D eigenvalue weighted by Gasteiger charge is 2.28. The Morgan fingerprint density at radius 2 is 1.87 bits per heavy atom. The van der Waals surface area contributed by atoms with Crippen molar-refractivity contribution in [3.05, 3.63) is 30.1 Å². The third kappa shape index (κ3) is 4.66.